The van der Waals surface area contributed by atoms with Crippen molar-refractivity contribution in [3.63, 3.8) is 0 Å². The predicted octanol–water partition coefficient (Wildman–Crippen LogP) is 0.350. The average Bonchev–Trinajstić information content (AvgIpc) is 3.17. The van der Waals surface area contributed by atoms with Crippen LogP contribution in [0.25, 0.3) is 0 Å². The minimum Gasteiger partial charge on any atom is -0.344 e. The Labute approximate surface area is 114 Å². The van der Waals surface area contributed by atoms with Crippen molar-refractivity contribution < 1.29 is 9.59 Å². The molecule has 1 aliphatic carbocycles. The molecule has 1 N–H and O–H groups in total. The molecule has 0 aromatic carbocycles. The first kappa shape index (κ1) is 12.9. The highest BCUT2D eigenvalue weighted by atomic mass is 16.2. The second-order valence-electron chi connectivity index (χ2n) is 5.98. The van der Waals surface area contributed by atoms with Gasteiger partial charge in [-0.2, -0.15) is 0 Å². The Kier molecular flexibility index (Phi) is 3.48. The molecule has 19 heavy (non-hydrogen) atoms. The molecule has 0 aromatic rings. The molecule has 2 saturated heterocycles. The molecule has 5 heteroatoms. The molecule has 2 atom stereocenters. The fraction of sp³-hybridized carbons (Fsp3) is 0.857. The van der Waals surface area contributed by atoms with Gasteiger partial charge in [0.1, 0.15) is 6.04 Å². The van der Waals surface area contributed by atoms with Crippen molar-refractivity contribution in [3.05, 3.63) is 0 Å². The van der Waals surface area contributed by atoms with Gasteiger partial charge in [-0.25, -0.2) is 0 Å². The molecule has 2 heterocycles. The molecule has 0 radical (unpaired) electrons. The van der Waals surface area contributed by atoms with Gasteiger partial charge in [0.15, 0.2) is 0 Å². The summed E-state index contributed by atoms with van der Waals surface area (Å²) in [6, 6.07) is 0.772. The van der Waals surface area contributed by atoms with Gasteiger partial charge in [-0.05, 0) is 25.7 Å². The van der Waals surface area contributed by atoms with Gasteiger partial charge in [0, 0.05) is 38.1 Å². The number of carbonyl (C=O) groups is 2. The Balaban J connectivity index is 1.68. The zero-order valence-electron chi connectivity index (χ0n) is 11.6. The van der Waals surface area contributed by atoms with Gasteiger partial charge in [-0.15, -0.1) is 0 Å². The molecule has 2 amide bonds. The second kappa shape index (κ2) is 5.12. The third-order valence-corrected chi connectivity index (χ3v) is 4.60. The lowest BCUT2D eigenvalue weighted by atomic mass is 10.1. The number of likely N-dealkylation sites (tertiary alicyclic amines) is 1. The summed E-state index contributed by atoms with van der Waals surface area (Å²) >= 11 is 0. The Bertz CT molecular complexity index is 381. The zero-order valence-corrected chi connectivity index (χ0v) is 11.6. The van der Waals surface area contributed by atoms with E-state index in [0.717, 1.165) is 25.6 Å². The molecular formula is C14H23N3O2. The van der Waals surface area contributed by atoms with Crippen molar-refractivity contribution >= 4 is 11.8 Å². The largest absolute Gasteiger partial charge is 0.344 e. The molecule has 0 aromatic heterocycles. The molecule has 5 nitrogen and oxygen atoms in total. The van der Waals surface area contributed by atoms with Crippen LogP contribution in [0.1, 0.15) is 39.0 Å². The van der Waals surface area contributed by atoms with E-state index in [1.807, 2.05) is 11.8 Å². The Hall–Kier alpha value is -1.10. The second-order valence-corrected chi connectivity index (χ2v) is 5.98. The fourth-order valence-electron chi connectivity index (χ4n) is 3.29. The highest BCUT2D eigenvalue weighted by Gasteiger charge is 2.39. The van der Waals surface area contributed by atoms with Crippen molar-refractivity contribution in [2.45, 2.75) is 57.2 Å². The van der Waals surface area contributed by atoms with Crippen molar-refractivity contribution in [1.82, 2.24) is 15.1 Å². The molecule has 3 fully saturated rings. The van der Waals surface area contributed by atoms with Crippen LogP contribution in [-0.4, -0.2) is 59.4 Å². The lowest BCUT2D eigenvalue weighted by molar-refractivity contribution is -0.135. The lowest BCUT2D eigenvalue weighted by Gasteiger charge is -2.29. The van der Waals surface area contributed by atoms with Gasteiger partial charge in [0.2, 0.25) is 11.8 Å². The van der Waals surface area contributed by atoms with Gasteiger partial charge in [0.25, 0.3) is 0 Å². The van der Waals surface area contributed by atoms with E-state index in [1.165, 1.54) is 12.8 Å². The number of carbonyl (C=O) groups excluding carboxylic acids is 2. The van der Waals surface area contributed by atoms with Crippen LogP contribution in [0.4, 0.5) is 0 Å². The van der Waals surface area contributed by atoms with E-state index in [1.54, 1.807) is 0 Å². The zero-order chi connectivity index (χ0) is 13.4. The Morgan fingerprint density at radius 2 is 1.95 bits per heavy atom. The van der Waals surface area contributed by atoms with Crippen molar-refractivity contribution in [3.8, 4) is 0 Å². The predicted molar refractivity (Wildman–Crippen MR) is 71.6 cm³/mol. The number of hydrogen-bond donors (Lipinski definition) is 1. The third-order valence-electron chi connectivity index (χ3n) is 4.60. The van der Waals surface area contributed by atoms with Crippen molar-refractivity contribution in [1.29, 1.82) is 0 Å². The molecule has 3 aliphatic rings. The first-order valence-electron chi connectivity index (χ1n) is 7.53. The van der Waals surface area contributed by atoms with Crippen LogP contribution in [0.3, 0.4) is 0 Å². The summed E-state index contributed by atoms with van der Waals surface area (Å²) in [5.74, 6) is 0.135. The molecule has 0 bridgehead atoms. The molecule has 106 valence electrons. The average molecular weight is 265 g/mol. The summed E-state index contributed by atoms with van der Waals surface area (Å²) in [6.07, 6.45) is 4.83. The maximum atomic E-state index is 12.5. The van der Waals surface area contributed by atoms with E-state index in [2.05, 4.69) is 10.2 Å². The summed E-state index contributed by atoms with van der Waals surface area (Å²) in [5.41, 5.74) is 0. The van der Waals surface area contributed by atoms with Gasteiger partial charge in [-0.3, -0.25) is 14.5 Å². The number of nitrogens with zero attached hydrogens (tertiary/aromatic N) is 2. The summed E-state index contributed by atoms with van der Waals surface area (Å²) in [7, 11) is 0. The SMILES string of the molecule is CCC1NC(=O)CCN(C2CCN(C3CC3)C2)C1=O. The number of rotatable bonds is 3. The third kappa shape index (κ3) is 2.61. The van der Waals surface area contributed by atoms with Crippen LogP contribution >= 0.6 is 0 Å². The van der Waals surface area contributed by atoms with Crippen LogP contribution < -0.4 is 5.32 Å². The van der Waals surface area contributed by atoms with Crippen molar-refractivity contribution in [2.24, 2.45) is 0 Å². The summed E-state index contributed by atoms with van der Waals surface area (Å²) in [4.78, 5) is 28.6. The van der Waals surface area contributed by atoms with Crippen LogP contribution in [0.2, 0.25) is 0 Å². The van der Waals surface area contributed by atoms with E-state index in [0.29, 0.717) is 25.4 Å². The lowest BCUT2D eigenvalue weighted by Crippen LogP contribution is -2.49. The molecular weight excluding hydrogens is 242 g/mol. The quantitative estimate of drug-likeness (QED) is 0.801. The standard InChI is InChI=1S/C14H23N3O2/c1-2-12-14(19)17(8-6-13(18)15-12)11-5-7-16(9-11)10-3-4-10/h10-12H,2-9H2,1H3,(H,15,18). The summed E-state index contributed by atoms with van der Waals surface area (Å²) in [6.45, 7) is 4.65. The van der Waals surface area contributed by atoms with E-state index in [9.17, 15) is 9.59 Å². The highest BCUT2D eigenvalue weighted by molar-refractivity contribution is 5.90. The smallest absolute Gasteiger partial charge is 0.245 e. The first-order valence-corrected chi connectivity index (χ1v) is 7.53. The topological polar surface area (TPSA) is 52.7 Å². The van der Waals surface area contributed by atoms with Crippen LogP contribution in [0.15, 0.2) is 0 Å². The number of amides is 2. The van der Waals surface area contributed by atoms with Gasteiger partial charge < -0.3 is 10.2 Å². The van der Waals surface area contributed by atoms with Crippen LogP contribution in [0, 0.1) is 0 Å². The summed E-state index contributed by atoms with van der Waals surface area (Å²) in [5, 5.41) is 2.83. The highest BCUT2D eigenvalue weighted by Crippen LogP contribution is 2.31. The minimum absolute atomic E-state index is 0.0137. The fourth-order valence-corrected chi connectivity index (χ4v) is 3.29. The summed E-state index contributed by atoms with van der Waals surface area (Å²) < 4.78 is 0. The maximum absolute atomic E-state index is 12.5. The maximum Gasteiger partial charge on any atom is 0.245 e. The van der Waals surface area contributed by atoms with E-state index in [4.69, 9.17) is 0 Å². The van der Waals surface area contributed by atoms with Crippen molar-refractivity contribution in [2.75, 3.05) is 19.6 Å². The molecule has 1 saturated carbocycles. The van der Waals surface area contributed by atoms with E-state index >= 15 is 0 Å². The molecule has 2 unspecified atom stereocenters. The van der Waals surface area contributed by atoms with Gasteiger partial charge >= 0.3 is 0 Å². The molecule has 3 rings (SSSR count). The number of hydrogen-bond acceptors (Lipinski definition) is 3. The van der Waals surface area contributed by atoms with Crippen LogP contribution in [-0.2, 0) is 9.59 Å². The number of nitrogens with one attached hydrogen (secondary N) is 1. The van der Waals surface area contributed by atoms with E-state index < -0.39 is 0 Å². The Morgan fingerprint density at radius 1 is 1.16 bits per heavy atom. The normalized spacial score (nSPS) is 33.4. The van der Waals surface area contributed by atoms with Gasteiger partial charge in [-0.1, -0.05) is 6.92 Å². The monoisotopic (exact) mass is 265 g/mol. The van der Waals surface area contributed by atoms with Gasteiger partial charge in [0.05, 0.1) is 0 Å². The minimum atomic E-state index is -0.315. The van der Waals surface area contributed by atoms with E-state index in [-0.39, 0.29) is 17.9 Å². The first-order chi connectivity index (χ1) is 9.19. The Morgan fingerprint density at radius 3 is 2.63 bits per heavy atom. The molecule has 2 aliphatic heterocycles. The molecule has 0 spiro atoms. The van der Waals surface area contributed by atoms with Crippen LogP contribution in [0.5, 0.6) is 0 Å².